The molecule has 2 aromatic rings. The Morgan fingerprint density at radius 3 is 1.74 bits per heavy atom. The van der Waals surface area contributed by atoms with Crippen LogP contribution in [0.3, 0.4) is 0 Å². The third kappa shape index (κ3) is 4.22. The van der Waals surface area contributed by atoms with Gasteiger partial charge >= 0.3 is 0 Å². The summed E-state index contributed by atoms with van der Waals surface area (Å²) in [7, 11) is -1.85. The van der Waals surface area contributed by atoms with E-state index in [1.807, 2.05) is 45.0 Å². The third-order valence-corrected chi connectivity index (χ3v) is 5.71. The maximum Gasteiger partial charge on any atom is 0.243 e. The summed E-state index contributed by atoms with van der Waals surface area (Å²) in [6.07, 6.45) is 0. The number of hydrogen-bond acceptors (Lipinski definition) is 2. The van der Waals surface area contributed by atoms with E-state index in [0.29, 0.717) is 0 Å². The molecular formula is C19H21NO2S. The topological polar surface area (TPSA) is 37.4 Å². The first-order valence-electron chi connectivity index (χ1n) is 7.47. The van der Waals surface area contributed by atoms with Gasteiger partial charge in [0, 0.05) is 24.2 Å². The Bertz CT molecular complexity index is 824. The first-order chi connectivity index (χ1) is 10.8. The van der Waals surface area contributed by atoms with Crippen molar-refractivity contribution in [3.8, 4) is 11.8 Å². The van der Waals surface area contributed by atoms with Crippen LogP contribution in [0.25, 0.3) is 0 Å². The number of nitrogens with zero attached hydrogens (tertiary/aromatic N) is 1. The van der Waals surface area contributed by atoms with Crippen LogP contribution < -0.4 is 0 Å². The summed E-state index contributed by atoms with van der Waals surface area (Å²) in [5.74, 6) is 6.13. The molecule has 3 nitrogen and oxygen atoms in total. The quantitative estimate of drug-likeness (QED) is 0.810. The molecule has 0 aromatic heterocycles. The zero-order chi connectivity index (χ0) is 17.0. The predicted octanol–water partition coefficient (Wildman–Crippen LogP) is 3.42. The van der Waals surface area contributed by atoms with E-state index in [1.165, 1.54) is 9.87 Å². The fourth-order valence-corrected chi connectivity index (χ4v) is 3.30. The van der Waals surface area contributed by atoms with Crippen molar-refractivity contribution >= 4 is 10.0 Å². The average Bonchev–Trinajstić information content (AvgIpc) is 2.54. The third-order valence-electron chi connectivity index (χ3n) is 3.66. The lowest BCUT2D eigenvalue weighted by Crippen LogP contribution is -2.32. The summed E-state index contributed by atoms with van der Waals surface area (Å²) >= 11 is 0. The van der Waals surface area contributed by atoms with E-state index >= 15 is 0 Å². The zero-order valence-electron chi connectivity index (χ0n) is 13.9. The monoisotopic (exact) mass is 327 g/mol. The van der Waals surface area contributed by atoms with Gasteiger partial charge in [-0.15, -0.1) is 0 Å². The summed E-state index contributed by atoms with van der Waals surface area (Å²) in [5, 5.41) is 0. The molecule has 0 heterocycles. The lowest BCUT2D eigenvalue weighted by atomic mass is 10.1. The highest BCUT2D eigenvalue weighted by Gasteiger charge is 2.22. The van der Waals surface area contributed by atoms with Crippen molar-refractivity contribution in [3.63, 3.8) is 0 Å². The molecule has 0 amide bonds. The van der Waals surface area contributed by atoms with Gasteiger partial charge in [-0.3, -0.25) is 0 Å². The van der Waals surface area contributed by atoms with Crippen LogP contribution in [0.2, 0.25) is 0 Å². The number of benzene rings is 2. The summed E-state index contributed by atoms with van der Waals surface area (Å²) in [6.45, 7) is 5.72. The molecule has 0 aliphatic rings. The molecule has 0 bridgehead atoms. The van der Waals surface area contributed by atoms with Gasteiger partial charge in [-0.25, -0.2) is 8.42 Å². The minimum atomic E-state index is -3.44. The second kappa shape index (κ2) is 6.99. The van der Waals surface area contributed by atoms with Gasteiger partial charge in [0.15, 0.2) is 0 Å². The predicted molar refractivity (Wildman–Crippen MR) is 93.7 cm³/mol. The van der Waals surface area contributed by atoms with Crippen LogP contribution in [0, 0.1) is 18.8 Å². The van der Waals surface area contributed by atoms with Crippen molar-refractivity contribution in [1.29, 1.82) is 0 Å². The number of sulfonamides is 1. The molecule has 0 aliphatic heterocycles. The van der Waals surface area contributed by atoms with E-state index in [2.05, 4.69) is 11.8 Å². The molecule has 2 rings (SSSR count). The summed E-state index contributed by atoms with van der Waals surface area (Å²) in [4.78, 5) is 0.287. The van der Waals surface area contributed by atoms with Gasteiger partial charge in [0.2, 0.25) is 10.0 Å². The largest absolute Gasteiger partial charge is 0.243 e. The molecule has 0 saturated heterocycles. The van der Waals surface area contributed by atoms with Crippen molar-refractivity contribution in [2.75, 3.05) is 7.05 Å². The van der Waals surface area contributed by atoms with E-state index in [1.54, 1.807) is 31.3 Å². The van der Waals surface area contributed by atoms with Crippen LogP contribution in [-0.4, -0.2) is 25.8 Å². The van der Waals surface area contributed by atoms with Gasteiger partial charge in [-0.2, -0.15) is 4.31 Å². The standard InChI is InChI=1S/C19H21NO2S/c1-15(2)20(4)23(21,22)19-13-11-18(12-14-19)10-9-17-7-5-16(3)6-8-17/h5-8,11-15H,1-4H3. The Kier molecular flexibility index (Phi) is 5.25. The highest BCUT2D eigenvalue weighted by molar-refractivity contribution is 7.89. The molecule has 4 heteroatoms. The molecule has 23 heavy (non-hydrogen) atoms. The lowest BCUT2D eigenvalue weighted by Gasteiger charge is -2.20. The highest BCUT2D eigenvalue weighted by atomic mass is 32.2. The van der Waals surface area contributed by atoms with Crippen molar-refractivity contribution in [1.82, 2.24) is 4.31 Å². The number of aryl methyl sites for hydroxylation is 1. The molecule has 0 saturated carbocycles. The lowest BCUT2D eigenvalue weighted by molar-refractivity contribution is 0.410. The second-order valence-electron chi connectivity index (χ2n) is 5.76. The Balaban J connectivity index is 2.22. The van der Waals surface area contributed by atoms with Crippen LogP contribution in [-0.2, 0) is 10.0 Å². The van der Waals surface area contributed by atoms with E-state index in [4.69, 9.17) is 0 Å². The van der Waals surface area contributed by atoms with Gasteiger partial charge in [0.05, 0.1) is 4.90 Å². The number of hydrogen-bond donors (Lipinski definition) is 0. The summed E-state index contributed by atoms with van der Waals surface area (Å²) in [5.41, 5.74) is 2.92. The van der Waals surface area contributed by atoms with E-state index in [-0.39, 0.29) is 10.9 Å². The van der Waals surface area contributed by atoms with E-state index in [0.717, 1.165) is 11.1 Å². The Hall–Kier alpha value is -2.09. The molecule has 0 spiro atoms. The molecule has 0 unspecified atom stereocenters. The van der Waals surface area contributed by atoms with Crippen molar-refractivity contribution < 1.29 is 8.42 Å². The van der Waals surface area contributed by atoms with Gasteiger partial charge in [-0.05, 0) is 57.2 Å². The Morgan fingerprint density at radius 2 is 1.30 bits per heavy atom. The molecule has 0 aliphatic carbocycles. The van der Waals surface area contributed by atoms with Crippen LogP contribution >= 0.6 is 0 Å². The first-order valence-corrected chi connectivity index (χ1v) is 8.91. The second-order valence-corrected chi connectivity index (χ2v) is 7.75. The van der Waals surface area contributed by atoms with Gasteiger partial charge in [-0.1, -0.05) is 29.5 Å². The van der Waals surface area contributed by atoms with Crippen molar-refractivity contribution in [2.24, 2.45) is 0 Å². The maximum atomic E-state index is 12.4. The molecule has 2 aromatic carbocycles. The SMILES string of the molecule is Cc1ccc(C#Cc2ccc(S(=O)(=O)N(C)C(C)C)cc2)cc1. The maximum absolute atomic E-state index is 12.4. The van der Waals surface area contributed by atoms with Gasteiger partial charge < -0.3 is 0 Å². The fraction of sp³-hybridized carbons (Fsp3) is 0.263. The molecule has 0 radical (unpaired) electrons. The molecular weight excluding hydrogens is 306 g/mol. The molecule has 120 valence electrons. The van der Waals surface area contributed by atoms with Crippen LogP contribution in [0.15, 0.2) is 53.4 Å². The van der Waals surface area contributed by atoms with E-state index < -0.39 is 10.0 Å². The van der Waals surface area contributed by atoms with Gasteiger partial charge in [0.25, 0.3) is 0 Å². The zero-order valence-corrected chi connectivity index (χ0v) is 14.7. The van der Waals surface area contributed by atoms with Crippen LogP contribution in [0.1, 0.15) is 30.5 Å². The summed E-state index contributed by atoms with van der Waals surface area (Å²) in [6, 6.07) is 14.6. The minimum absolute atomic E-state index is 0.0824. The summed E-state index contributed by atoms with van der Waals surface area (Å²) < 4.78 is 26.1. The van der Waals surface area contributed by atoms with Crippen LogP contribution in [0.5, 0.6) is 0 Å². The first kappa shape index (κ1) is 17.3. The highest BCUT2D eigenvalue weighted by Crippen LogP contribution is 2.17. The van der Waals surface area contributed by atoms with E-state index in [9.17, 15) is 8.42 Å². The Morgan fingerprint density at radius 1 is 0.870 bits per heavy atom. The average molecular weight is 327 g/mol. The van der Waals surface area contributed by atoms with Crippen LogP contribution in [0.4, 0.5) is 0 Å². The normalized spacial score (nSPS) is 11.4. The Labute approximate surface area is 139 Å². The smallest absolute Gasteiger partial charge is 0.207 e. The molecule has 0 N–H and O–H groups in total. The number of rotatable bonds is 3. The minimum Gasteiger partial charge on any atom is -0.207 e. The van der Waals surface area contributed by atoms with Crippen molar-refractivity contribution in [3.05, 3.63) is 65.2 Å². The van der Waals surface area contributed by atoms with Crippen molar-refractivity contribution in [2.45, 2.75) is 31.7 Å². The molecule has 0 fully saturated rings. The molecule has 0 atom stereocenters. The fourth-order valence-electron chi connectivity index (χ4n) is 1.94. The van der Waals surface area contributed by atoms with Gasteiger partial charge in [0.1, 0.15) is 0 Å².